The molecule has 1 atom stereocenters. The summed E-state index contributed by atoms with van der Waals surface area (Å²) in [7, 11) is 1.71. The number of nitrogens with one attached hydrogen (secondary N) is 1. The van der Waals surface area contributed by atoms with Crippen molar-refractivity contribution >= 4 is 16.7 Å². The minimum Gasteiger partial charge on any atom is -0.496 e. The lowest BCUT2D eigenvalue weighted by molar-refractivity contribution is 0.405. The number of benzene rings is 1. The van der Waals surface area contributed by atoms with Gasteiger partial charge in [0.25, 0.3) is 0 Å². The monoisotopic (exact) mass is 291 g/mol. The van der Waals surface area contributed by atoms with Crippen molar-refractivity contribution in [2.75, 3.05) is 12.4 Å². The zero-order valence-electron chi connectivity index (χ0n) is 12.4. The molecule has 0 bridgehead atoms. The smallest absolute Gasteiger partial charge is 0.202 e. The van der Waals surface area contributed by atoms with Crippen molar-refractivity contribution in [1.82, 2.24) is 9.36 Å². The second-order valence-corrected chi connectivity index (χ2v) is 5.91. The number of rotatable bonds is 6. The molecule has 0 saturated heterocycles. The summed E-state index contributed by atoms with van der Waals surface area (Å²) in [6, 6.07) is 8.46. The van der Waals surface area contributed by atoms with E-state index in [-0.39, 0.29) is 0 Å². The molecule has 0 aliphatic carbocycles. The molecule has 20 heavy (non-hydrogen) atoms. The third kappa shape index (κ3) is 3.70. The fraction of sp³-hybridized carbons (Fsp3) is 0.467. The Balaban J connectivity index is 2.13. The fourth-order valence-corrected chi connectivity index (χ4v) is 2.71. The van der Waals surface area contributed by atoms with Crippen LogP contribution in [0.25, 0.3) is 0 Å². The SMILES string of the molecule is COc1ccccc1CC(Nc1nc(C)ns1)C(C)C. The Morgan fingerprint density at radius 1 is 1.30 bits per heavy atom. The second kappa shape index (κ2) is 6.70. The molecule has 4 nitrogen and oxygen atoms in total. The Bertz CT molecular complexity index is 554. The van der Waals surface area contributed by atoms with Gasteiger partial charge in [0, 0.05) is 17.6 Å². The van der Waals surface area contributed by atoms with Gasteiger partial charge in [-0.25, -0.2) is 4.98 Å². The van der Waals surface area contributed by atoms with Crippen molar-refractivity contribution in [3.8, 4) is 5.75 Å². The molecule has 0 aliphatic rings. The van der Waals surface area contributed by atoms with Crippen LogP contribution in [0.2, 0.25) is 0 Å². The summed E-state index contributed by atoms with van der Waals surface area (Å²) in [5, 5.41) is 4.37. The van der Waals surface area contributed by atoms with Crippen molar-refractivity contribution in [2.45, 2.75) is 33.2 Å². The predicted molar refractivity (Wildman–Crippen MR) is 83.6 cm³/mol. The number of nitrogens with zero attached hydrogens (tertiary/aromatic N) is 2. The van der Waals surface area contributed by atoms with E-state index in [4.69, 9.17) is 4.74 Å². The van der Waals surface area contributed by atoms with Crippen molar-refractivity contribution in [3.63, 3.8) is 0 Å². The molecular formula is C15H21N3OS. The Labute approximate surface area is 124 Å². The van der Waals surface area contributed by atoms with Crippen LogP contribution in [-0.4, -0.2) is 22.5 Å². The first kappa shape index (κ1) is 14.8. The van der Waals surface area contributed by atoms with Crippen LogP contribution in [0, 0.1) is 12.8 Å². The Morgan fingerprint density at radius 2 is 2.05 bits per heavy atom. The third-order valence-electron chi connectivity index (χ3n) is 3.27. The van der Waals surface area contributed by atoms with E-state index < -0.39 is 0 Å². The Hall–Kier alpha value is -1.62. The summed E-state index contributed by atoms with van der Waals surface area (Å²) in [6.45, 7) is 6.33. The van der Waals surface area contributed by atoms with Gasteiger partial charge in [-0.05, 0) is 30.9 Å². The minimum absolute atomic E-state index is 0.304. The van der Waals surface area contributed by atoms with Crippen molar-refractivity contribution in [2.24, 2.45) is 5.92 Å². The van der Waals surface area contributed by atoms with Crippen LogP contribution in [0.15, 0.2) is 24.3 Å². The molecule has 1 heterocycles. The van der Waals surface area contributed by atoms with Gasteiger partial charge in [-0.2, -0.15) is 4.37 Å². The summed E-state index contributed by atoms with van der Waals surface area (Å²) in [5.74, 6) is 2.25. The number of para-hydroxylation sites is 1. The highest BCUT2D eigenvalue weighted by molar-refractivity contribution is 7.09. The predicted octanol–water partition coefficient (Wildman–Crippen LogP) is 3.53. The van der Waals surface area contributed by atoms with Gasteiger partial charge >= 0.3 is 0 Å². The zero-order valence-corrected chi connectivity index (χ0v) is 13.2. The maximum absolute atomic E-state index is 5.43. The molecule has 1 aromatic heterocycles. The number of aromatic nitrogens is 2. The lowest BCUT2D eigenvalue weighted by Crippen LogP contribution is -2.28. The molecule has 0 fully saturated rings. The number of ether oxygens (including phenoxy) is 1. The highest BCUT2D eigenvalue weighted by Gasteiger charge is 2.17. The van der Waals surface area contributed by atoms with E-state index in [2.05, 4.69) is 34.6 Å². The van der Waals surface area contributed by atoms with Crippen LogP contribution in [0.5, 0.6) is 5.75 Å². The zero-order chi connectivity index (χ0) is 14.5. The first-order valence-electron chi connectivity index (χ1n) is 6.79. The highest BCUT2D eigenvalue weighted by Crippen LogP contribution is 2.23. The van der Waals surface area contributed by atoms with Crippen molar-refractivity contribution in [3.05, 3.63) is 35.7 Å². The quantitative estimate of drug-likeness (QED) is 0.884. The normalized spacial score (nSPS) is 12.4. The van der Waals surface area contributed by atoms with E-state index in [0.717, 1.165) is 23.1 Å². The molecular weight excluding hydrogens is 270 g/mol. The molecule has 0 aliphatic heterocycles. The van der Waals surface area contributed by atoms with Crippen molar-refractivity contribution in [1.29, 1.82) is 0 Å². The van der Waals surface area contributed by atoms with Gasteiger partial charge in [0.2, 0.25) is 5.13 Å². The summed E-state index contributed by atoms with van der Waals surface area (Å²) < 4.78 is 9.64. The third-order valence-corrected chi connectivity index (χ3v) is 4.01. The molecule has 0 saturated carbocycles. The van der Waals surface area contributed by atoms with Crippen LogP contribution in [0.3, 0.4) is 0 Å². The molecule has 1 unspecified atom stereocenters. The number of aryl methyl sites for hydroxylation is 1. The van der Waals surface area contributed by atoms with Gasteiger partial charge in [0.15, 0.2) is 0 Å². The largest absolute Gasteiger partial charge is 0.496 e. The number of hydrogen-bond acceptors (Lipinski definition) is 5. The molecule has 2 aromatic rings. The molecule has 1 aromatic carbocycles. The van der Waals surface area contributed by atoms with Crippen LogP contribution in [-0.2, 0) is 6.42 Å². The van der Waals surface area contributed by atoms with E-state index in [1.54, 1.807) is 7.11 Å². The average molecular weight is 291 g/mol. The molecule has 2 rings (SSSR count). The fourth-order valence-electron chi connectivity index (χ4n) is 2.08. The maximum atomic E-state index is 5.43. The highest BCUT2D eigenvalue weighted by atomic mass is 32.1. The Kier molecular flexibility index (Phi) is 4.95. The number of methoxy groups -OCH3 is 1. The minimum atomic E-state index is 0.304. The van der Waals surface area contributed by atoms with Crippen LogP contribution in [0.4, 0.5) is 5.13 Å². The standard InChI is InChI=1S/C15H21N3OS/c1-10(2)13(17-15-16-11(3)18-20-15)9-12-7-5-6-8-14(12)19-4/h5-8,10,13H,9H2,1-4H3,(H,16,17,18). The topological polar surface area (TPSA) is 47.0 Å². The summed E-state index contributed by atoms with van der Waals surface area (Å²) in [6.07, 6.45) is 0.903. The number of hydrogen-bond donors (Lipinski definition) is 1. The molecule has 108 valence electrons. The van der Waals surface area contributed by atoms with Gasteiger partial charge < -0.3 is 10.1 Å². The molecule has 0 amide bonds. The van der Waals surface area contributed by atoms with Crippen molar-refractivity contribution < 1.29 is 4.74 Å². The summed E-state index contributed by atoms with van der Waals surface area (Å²) in [5.41, 5.74) is 1.21. The second-order valence-electron chi connectivity index (χ2n) is 5.16. The lowest BCUT2D eigenvalue weighted by Gasteiger charge is -2.22. The maximum Gasteiger partial charge on any atom is 0.202 e. The lowest BCUT2D eigenvalue weighted by atomic mass is 9.96. The van der Waals surface area contributed by atoms with Crippen LogP contribution >= 0.6 is 11.5 Å². The van der Waals surface area contributed by atoms with E-state index in [9.17, 15) is 0 Å². The van der Waals surface area contributed by atoms with E-state index in [1.165, 1.54) is 17.1 Å². The summed E-state index contributed by atoms with van der Waals surface area (Å²) in [4.78, 5) is 4.38. The molecule has 1 N–H and O–H groups in total. The first-order chi connectivity index (χ1) is 9.60. The molecule has 5 heteroatoms. The van der Waals surface area contributed by atoms with Crippen LogP contribution < -0.4 is 10.1 Å². The van der Waals surface area contributed by atoms with Gasteiger partial charge in [-0.3, -0.25) is 0 Å². The average Bonchev–Trinajstić information content (AvgIpc) is 2.84. The van der Waals surface area contributed by atoms with E-state index in [1.807, 2.05) is 25.1 Å². The Morgan fingerprint density at radius 3 is 2.65 bits per heavy atom. The van der Waals surface area contributed by atoms with Gasteiger partial charge in [0.1, 0.15) is 11.6 Å². The van der Waals surface area contributed by atoms with Gasteiger partial charge in [-0.1, -0.05) is 32.0 Å². The van der Waals surface area contributed by atoms with Crippen LogP contribution in [0.1, 0.15) is 25.2 Å². The number of anilines is 1. The first-order valence-corrected chi connectivity index (χ1v) is 7.56. The van der Waals surface area contributed by atoms with E-state index in [0.29, 0.717) is 12.0 Å². The molecule has 0 spiro atoms. The van der Waals surface area contributed by atoms with E-state index >= 15 is 0 Å². The van der Waals surface area contributed by atoms with Gasteiger partial charge in [-0.15, -0.1) is 0 Å². The summed E-state index contributed by atoms with van der Waals surface area (Å²) >= 11 is 1.41. The van der Waals surface area contributed by atoms with Gasteiger partial charge in [0.05, 0.1) is 7.11 Å². The molecule has 0 radical (unpaired) electrons.